The number of fused-ring (bicyclic) bond motifs is 1. The molecule has 0 aliphatic heterocycles. The van der Waals surface area contributed by atoms with Crippen LogP contribution in [0.2, 0.25) is 0 Å². The van der Waals surface area contributed by atoms with Crippen molar-refractivity contribution >= 4 is 49.1 Å². The second-order valence-electron chi connectivity index (χ2n) is 6.74. The fourth-order valence-electron chi connectivity index (χ4n) is 3.27. The SMILES string of the molecule is Br.COc1ccc2[nH]c(C)c(Cc3nc(-c4ccc(S(C)(=O)=O)cc4)cs3)c2c1. The number of H-pyrrole nitrogens is 1. The fraction of sp³-hybridized carbons (Fsp3) is 0.190. The number of hydrogen-bond donors (Lipinski definition) is 1. The molecule has 0 saturated carbocycles. The number of nitrogens with one attached hydrogen (secondary N) is 1. The van der Waals surface area contributed by atoms with Crippen LogP contribution in [-0.2, 0) is 16.3 Å². The average Bonchev–Trinajstić information content (AvgIpc) is 3.26. The Labute approximate surface area is 184 Å². The summed E-state index contributed by atoms with van der Waals surface area (Å²) in [4.78, 5) is 8.50. The standard InChI is InChI=1S/C21H20N2O3S2.BrH/c1-13-17(18-10-15(26-2)6-9-19(18)22-13)11-21-23-20(12-27-21)14-4-7-16(8-5-14)28(3,24)25;/h4-10,12,22H,11H2,1-3H3;1H. The predicted octanol–water partition coefficient (Wildman–Crippen LogP) is 5.18. The first kappa shape index (κ1) is 21.5. The molecule has 0 radical (unpaired) electrons. The molecule has 4 rings (SSSR count). The van der Waals surface area contributed by atoms with E-state index >= 15 is 0 Å². The maximum absolute atomic E-state index is 11.6. The van der Waals surface area contributed by atoms with Crippen molar-refractivity contribution in [3.8, 4) is 17.0 Å². The largest absolute Gasteiger partial charge is 0.497 e. The van der Waals surface area contributed by atoms with Gasteiger partial charge in [0.1, 0.15) is 5.75 Å². The second-order valence-corrected chi connectivity index (χ2v) is 9.70. The number of benzene rings is 2. The van der Waals surface area contributed by atoms with Crippen LogP contribution in [0, 0.1) is 6.92 Å². The van der Waals surface area contributed by atoms with Crippen LogP contribution in [0.3, 0.4) is 0 Å². The van der Waals surface area contributed by atoms with Crippen LogP contribution in [0.25, 0.3) is 22.2 Å². The highest BCUT2D eigenvalue weighted by molar-refractivity contribution is 8.93. The van der Waals surface area contributed by atoms with Gasteiger partial charge < -0.3 is 9.72 Å². The number of halogens is 1. The molecule has 0 aliphatic rings. The molecule has 0 atom stereocenters. The molecule has 2 aromatic carbocycles. The van der Waals surface area contributed by atoms with E-state index in [9.17, 15) is 8.42 Å². The van der Waals surface area contributed by atoms with Gasteiger partial charge in [-0.3, -0.25) is 0 Å². The minimum Gasteiger partial charge on any atom is -0.497 e. The zero-order valence-corrected chi connectivity index (χ0v) is 19.6. The van der Waals surface area contributed by atoms with E-state index in [1.807, 2.05) is 23.6 Å². The Morgan fingerprint density at radius 2 is 1.86 bits per heavy atom. The normalized spacial score (nSPS) is 11.4. The Kier molecular flexibility index (Phi) is 6.16. The lowest BCUT2D eigenvalue weighted by Crippen LogP contribution is -1.96. The number of nitrogens with zero attached hydrogens (tertiary/aromatic N) is 1. The fourth-order valence-corrected chi connectivity index (χ4v) is 4.71. The highest BCUT2D eigenvalue weighted by atomic mass is 79.9. The molecule has 0 aliphatic carbocycles. The maximum Gasteiger partial charge on any atom is 0.175 e. The van der Waals surface area contributed by atoms with Crippen LogP contribution in [-0.4, -0.2) is 31.8 Å². The topological polar surface area (TPSA) is 72.0 Å². The minimum absolute atomic E-state index is 0. The summed E-state index contributed by atoms with van der Waals surface area (Å²) < 4.78 is 28.6. The Hall–Kier alpha value is -2.16. The molecule has 5 nitrogen and oxygen atoms in total. The summed E-state index contributed by atoms with van der Waals surface area (Å²) in [7, 11) is -1.52. The lowest BCUT2D eigenvalue weighted by Gasteiger charge is -2.02. The smallest absolute Gasteiger partial charge is 0.175 e. The van der Waals surface area contributed by atoms with Crippen LogP contribution < -0.4 is 4.74 Å². The molecule has 29 heavy (non-hydrogen) atoms. The second kappa shape index (κ2) is 8.30. The van der Waals surface area contributed by atoms with E-state index in [1.54, 1.807) is 42.7 Å². The summed E-state index contributed by atoms with van der Waals surface area (Å²) in [5.41, 5.74) is 5.18. The van der Waals surface area contributed by atoms with E-state index in [0.29, 0.717) is 4.90 Å². The summed E-state index contributed by atoms with van der Waals surface area (Å²) in [6.45, 7) is 2.07. The van der Waals surface area contributed by atoms with Gasteiger partial charge in [-0.05, 0) is 42.8 Å². The summed E-state index contributed by atoms with van der Waals surface area (Å²) in [5, 5.41) is 4.16. The number of thiazole rings is 1. The van der Waals surface area contributed by atoms with Gasteiger partial charge in [0.25, 0.3) is 0 Å². The average molecular weight is 493 g/mol. The molecule has 0 bridgehead atoms. The van der Waals surface area contributed by atoms with E-state index in [2.05, 4.69) is 11.9 Å². The predicted molar refractivity (Wildman–Crippen MR) is 123 cm³/mol. The summed E-state index contributed by atoms with van der Waals surface area (Å²) in [5.74, 6) is 0.832. The number of aromatic nitrogens is 2. The number of sulfone groups is 1. The first-order valence-electron chi connectivity index (χ1n) is 8.75. The monoisotopic (exact) mass is 492 g/mol. The number of ether oxygens (including phenoxy) is 1. The number of aryl methyl sites for hydroxylation is 1. The van der Waals surface area contributed by atoms with Crippen LogP contribution in [0.5, 0.6) is 5.75 Å². The van der Waals surface area contributed by atoms with Gasteiger partial charge in [-0.15, -0.1) is 28.3 Å². The van der Waals surface area contributed by atoms with Gasteiger partial charge in [0, 0.05) is 40.2 Å². The highest BCUT2D eigenvalue weighted by Gasteiger charge is 2.13. The molecule has 2 heterocycles. The first-order chi connectivity index (χ1) is 13.3. The van der Waals surface area contributed by atoms with Crippen LogP contribution in [0.4, 0.5) is 0 Å². The number of rotatable bonds is 5. The molecule has 4 aromatic rings. The summed E-state index contributed by atoms with van der Waals surface area (Å²) >= 11 is 1.61. The summed E-state index contributed by atoms with van der Waals surface area (Å²) in [6.07, 6.45) is 1.94. The molecule has 1 N–H and O–H groups in total. The van der Waals surface area contributed by atoms with E-state index < -0.39 is 9.84 Å². The molecule has 152 valence electrons. The van der Waals surface area contributed by atoms with Crippen molar-refractivity contribution in [2.24, 2.45) is 0 Å². The van der Waals surface area contributed by atoms with Crippen LogP contribution in [0.1, 0.15) is 16.3 Å². The van der Waals surface area contributed by atoms with E-state index in [1.165, 1.54) is 11.8 Å². The van der Waals surface area contributed by atoms with Gasteiger partial charge in [-0.2, -0.15) is 0 Å². The van der Waals surface area contributed by atoms with Crippen molar-refractivity contribution in [1.29, 1.82) is 0 Å². The third-order valence-electron chi connectivity index (χ3n) is 4.78. The van der Waals surface area contributed by atoms with Gasteiger partial charge in [0.15, 0.2) is 9.84 Å². The van der Waals surface area contributed by atoms with Crippen LogP contribution in [0.15, 0.2) is 52.7 Å². The van der Waals surface area contributed by atoms with Crippen molar-refractivity contribution < 1.29 is 13.2 Å². The molecule has 0 unspecified atom stereocenters. The van der Waals surface area contributed by atoms with Crippen molar-refractivity contribution in [1.82, 2.24) is 9.97 Å². The zero-order valence-electron chi connectivity index (χ0n) is 16.2. The molecular formula is C21H21BrN2O3S2. The van der Waals surface area contributed by atoms with Gasteiger partial charge in [0.2, 0.25) is 0 Å². The molecule has 2 aromatic heterocycles. The van der Waals surface area contributed by atoms with Crippen molar-refractivity contribution in [2.75, 3.05) is 13.4 Å². The summed E-state index contributed by atoms with van der Waals surface area (Å²) in [6, 6.07) is 12.9. The lowest BCUT2D eigenvalue weighted by atomic mass is 10.1. The molecule has 0 saturated heterocycles. The Balaban J connectivity index is 0.00000240. The number of aromatic amines is 1. The number of methoxy groups -OCH3 is 1. The molecule has 8 heteroatoms. The van der Waals surface area contributed by atoms with Crippen LogP contribution >= 0.6 is 28.3 Å². The number of hydrogen-bond acceptors (Lipinski definition) is 5. The van der Waals surface area contributed by atoms with Gasteiger partial charge in [0.05, 0.1) is 22.7 Å². The minimum atomic E-state index is -3.19. The molecule has 0 spiro atoms. The lowest BCUT2D eigenvalue weighted by molar-refractivity contribution is 0.415. The van der Waals surface area contributed by atoms with Gasteiger partial charge >= 0.3 is 0 Å². The quantitative estimate of drug-likeness (QED) is 0.416. The maximum atomic E-state index is 11.6. The van der Waals surface area contributed by atoms with E-state index in [0.717, 1.165) is 45.0 Å². The first-order valence-corrected chi connectivity index (χ1v) is 11.5. The Morgan fingerprint density at radius 3 is 2.52 bits per heavy atom. The van der Waals surface area contributed by atoms with Gasteiger partial charge in [-0.1, -0.05) is 12.1 Å². The Bertz CT molecular complexity index is 1260. The van der Waals surface area contributed by atoms with E-state index in [-0.39, 0.29) is 17.0 Å². The molecule has 0 fully saturated rings. The Morgan fingerprint density at radius 1 is 1.14 bits per heavy atom. The van der Waals surface area contributed by atoms with E-state index in [4.69, 9.17) is 9.72 Å². The van der Waals surface area contributed by atoms with Gasteiger partial charge in [-0.25, -0.2) is 13.4 Å². The van der Waals surface area contributed by atoms with Crippen molar-refractivity contribution in [3.05, 3.63) is 64.1 Å². The third kappa shape index (κ3) is 4.39. The highest BCUT2D eigenvalue weighted by Crippen LogP contribution is 2.30. The molecule has 0 amide bonds. The van der Waals surface area contributed by atoms with Crippen molar-refractivity contribution in [2.45, 2.75) is 18.2 Å². The molecular weight excluding hydrogens is 472 g/mol. The third-order valence-corrected chi connectivity index (χ3v) is 6.76. The van der Waals surface area contributed by atoms with Crippen molar-refractivity contribution in [3.63, 3.8) is 0 Å². The zero-order chi connectivity index (χ0) is 19.9.